The summed E-state index contributed by atoms with van der Waals surface area (Å²) in [5.74, 6) is 1.82. The fourth-order valence-corrected chi connectivity index (χ4v) is 2.77. The predicted octanol–water partition coefficient (Wildman–Crippen LogP) is 3.80. The SMILES string of the molecule is CC(C)(C)OCCSSCC(=O)C(C)(C)C. The van der Waals surface area contributed by atoms with Gasteiger partial charge < -0.3 is 4.74 Å². The van der Waals surface area contributed by atoms with E-state index in [9.17, 15) is 4.79 Å². The van der Waals surface area contributed by atoms with Crippen molar-refractivity contribution in [2.45, 2.75) is 47.1 Å². The molecule has 0 aliphatic heterocycles. The fraction of sp³-hybridized carbons (Fsp3) is 0.917. The number of carbonyl (C=O) groups is 1. The Hall–Kier alpha value is 0.330. The van der Waals surface area contributed by atoms with Gasteiger partial charge in [-0.1, -0.05) is 42.4 Å². The smallest absolute Gasteiger partial charge is 0.148 e. The van der Waals surface area contributed by atoms with Gasteiger partial charge in [-0.3, -0.25) is 4.79 Å². The molecular weight excluding hydrogens is 240 g/mol. The maximum atomic E-state index is 11.6. The summed E-state index contributed by atoms with van der Waals surface area (Å²) < 4.78 is 5.58. The number of rotatable bonds is 6. The Morgan fingerprint density at radius 3 is 2.06 bits per heavy atom. The Bertz CT molecular complexity index is 214. The van der Waals surface area contributed by atoms with Crippen LogP contribution in [0.1, 0.15) is 41.5 Å². The Balaban J connectivity index is 3.45. The molecule has 0 aliphatic carbocycles. The van der Waals surface area contributed by atoms with Crippen molar-refractivity contribution in [3.8, 4) is 0 Å². The number of Topliss-reactive ketones (excluding diaryl/α,β-unsaturated/α-hetero) is 1. The van der Waals surface area contributed by atoms with Crippen LogP contribution in [0.15, 0.2) is 0 Å². The monoisotopic (exact) mass is 264 g/mol. The maximum absolute atomic E-state index is 11.6. The summed E-state index contributed by atoms with van der Waals surface area (Å²) in [6.45, 7) is 12.8. The van der Waals surface area contributed by atoms with Gasteiger partial charge in [0.15, 0.2) is 0 Å². The summed E-state index contributed by atoms with van der Waals surface area (Å²) >= 11 is 0. The highest BCUT2D eigenvalue weighted by atomic mass is 33.1. The maximum Gasteiger partial charge on any atom is 0.148 e. The Morgan fingerprint density at radius 2 is 1.62 bits per heavy atom. The highest BCUT2D eigenvalue weighted by Crippen LogP contribution is 2.25. The van der Waals surface area contributed by atoms with E-state index in [1.165, 1.54) is 0 Å². The molecule has 0 aromatic heterocycles. The molecule has 0 atom stereocenters. The first kappa shape index (κ1) is 16.3. The normalized spacial score (nSPS) is 12.9. The Labute approximate surface area is 108 Å². The predicted molar refractivity (Wildman–Crippen MR) is 75.1 cm³/mol. The molecule has 0 saturated carbocycles. The van der Waals surface area contributed by atoms with Gasteiger partial charge in [-0.2, -0.15) is 0 Å². The zero-order chi connectivity index (χ0) is 12.8. The first-order valence-corrected chi connectivity index (χ1v) is 8.03. The number of ether oxygens (including phenoxy) is 1. The molecule has 0 heterocycles. The fourth-order valence-electron chi connectivity index (χ4n) is 0.752. The van der Waals surface area contributed by atoms with Gasteiger partial charge in [0.1, 0.15) is 5.78 Å². The van der Waals surface area contributed by atoms with Gasteiger partial charge >= 0.3 is 0 Å². The second kappa shape index (κ2) is 6.92. The summed E-state index contributed by atoms with van der Waals surface area (Å²) in [6, 6.07) is 0. The van der Waals surface area contributed by atoms with E-state index in [1.54, 1.807) is 21.6 Å². The van der Waals surface area contributed by atoms with E-state index in [-0.39, 0.29) is 11.0 Å². The molecular formula is C12H24O2S2. The van der Waals surface area contributed by atoms with Crippen molar-refractivity contribution in [3.05, 3.63) is 0 Å². The molecule has 2 nitrogen and oxygen atoms in total. The van der Waals surface area contributed by atoms with Crippen LogP contribution in [0.4, 0.5) is 0 Å². The first-order valence-electron chi connectivity index (χ1n) is 5.54. The number of hydrogen-bond donors (Lipinski definition) is 0. The molecule has 0 amide bonds. The zero-order valence-corrected chi connectivity index (χ0v) is 12.9. The minimum atomic E-state index is -0.213. The van der Waals surface area contributed by atoms with Gasteiger partial charge in [0.05, 0.1) is 18.0 Å². The summed E-state index contributed by atoms with van der Waals surface area (Å²) in [4.78, 5) is 11.6. The van der Waals surface area contributed by atoms with Crippen LogP contribution < -0.4 is 0 Å². The van der Waals surface area contributed by atoms with Crippen molar-refractivity contribution in [1.82, 2.24) is 0 Å². The third-order valence-electron chi connectivity index (χ3n) is 1.81. The largest absolute Gasteiger partial charge is 0.375 e. The van der Waals surface area contributed by atoms with E-state index in [0.29, 0.717) is 11.5 Å². The zero-order valence-electron chi connectivity index (χ0n) is 11.3. The van der Waals surface area contributed by atoms with Crippen molar-refractivity contribution < 1.29 is 9.53 Å². The molecule has 0 N–H and O–H groups in total. The van der Waals surface area contributed by atoms with Gasteiger partial charge in [-0.25, -0.2) is 0 Å². The van der Waals surface area contributed by atoms with Crippen molar-refractivity contribution >= 4 is 27.4 Å². The average molecular weight is 264 g/mol. The molecule has 0 aromatic carbocycles. The lowest BCUT2D eigenvalue weighted by atomic mass is 9.92. The van der Waals surface area contributed by atoms with E-state index >= 15 is 0 Å². The molecule has 96 valence electrons. The van der Waals surface area contributed by atoms with E-state index in [4.69, 9.17) is 4.74 Å². The van der Waals surface area contributed by atoms with Crippen LogP contribution in [0.5, 0.6) is 0 Å². The molecule has 0 aliphatic rings. The van der Waals surface area contributed by atoms with Crippen molar-refractivity contribution in [1.29, 1.82) is 0 Å². The number of hydrogen-bond acceptors (Lipinski definition) is 4. The second-order valence-electron chi connectivity index (χ2n) is 5.72. The van der Waals surface area contributed by atoms with Gasteiger partial charge in [0, 0.05) is 11.2 Å². The Kier molecular flexibility index (Phi) is 7.06. The lowest BCUT2D eigenvalue weighted by molar-refractivity contribution is -0.123. The van der Waals surface area contributed by atoms with Crippen molar-refractivity contribution in [2.24, 2.45) is 5.41 Å². The summed E-state index contributed by atoms with van der Waals surface area (Å²) in [5, 5.41) is 0. The summed E-state index contributed by atoms with van der Waals surface area (Å²) in [6.07, 6.45) is 0. The quantitative estimate of drug-likeness (QED) is 0.538. The standard InChI is InChI=1S/C12H24O2S2/c1-11(2,3)10(13)9-16-15-8-7-14-12(4,5)6/h7-9H2,1-6H3. The van der Waals surface area contributed by atoms with Crippen LogP contribution in [0.25, 0.3) is 0 Å². The Morgan fingerprint density at radius 1 is 1.06 bits per heavy atom. The third-order valence-corrected chi connectivity index (χ3v) is 4.05. The van der Waals surface area contributed by atoms with Gasteiger partial charge in [-0.05, 0) is 20.8 Å². The van der Waals surface area contributed by atoms with Gasteiger partial charge in [-0.15, -0.1) is 0 Å². The van der Waals surface area contributed by atoms with Crippen LogP contribution in [-0.4, -0.2) is 29.5 Å². The van der Waals surface area contributed by atoms with Crippen molar-refractivity contribution in [3.63, 3.8) is 0 Å². The van der Waals surface area contributed by atoms with Crippen molar-refractivity contribution in [2.75, 3.05) is 18.1 Å². The van der Waals surface area contributed by atoms with E-state index in [1.807, 2.05) is 41.5 Å². The van der Waals surface area contributed by atoms with Gasteiger partial charge in [0.25, 0.3) is 0 Å². The second-order valence-corrected chi connectivity index (χ2v) is 8.30. The minimum Gasteiger partial charge on any atom is -0.375 e. The molecule has 0 bridgehead atoms. The first-order chi connectivity index (χ1) is 7.13. The number of ketones is 1. The highest BCUT2D eigenvalue weighted by Gasteiger charge is 2.20. The van der Waals surface area contributed by atoms with E-state index in [0.717, 1.165) is 12.4 Å². The topological polar surface area (TPSA) is 26.3 Å². The molecule has 4 heteroatoms. The molecule has 0 aromatic rings. The van der Waals surface area contributed by atoms with Crippen LogP contribution in [-0.2, 0) is 9.53 Å². The van der Waals surface area contributed by atoms with Crippen LogP contribution >= 0.6 is 21.6 Å². The molecule has 0 unspecified atom stereocenters. The molecule has 16 heavy (non-hydrogen) atoms. The number of carbonyl (C=O) groups excluding carboxylic acids is 1. The molecule has 0 spiro atoms. The van der Waals surface area contributed by atoms with Crippen LogP contribution in [0.2, 0.25) is 0 Å². The van der Waals surface area contributed by atoms with Crippen LogP contribution in [0.3, 0.4) is 0 Å². The minimum absolute atomic E-state index is 0.0630. The van der Waals surface area contributed by atoms with E-state index < -0.39 is 0 Å². The molecule has 0 radical (unpaired) electrons. The lowest BCUT2D eigenvalue weighted by Gasteiger charge is -2.19. The summed E-state index contributed by atoms with van der Waals surface area (Å²) in [7, 11) is 3.34. The average Bonchev–Trinajstić information content (AvgIpc) is 2.07. The summed E-state index contributed by atoms with van der Waals surface area (Å²) in [5.41, 5.74) is -0.276. The molecule has 0 fully saturated rings. The molecule has 0 saturated heterocycles. The lowest BCUT2D eigenvalue weighted by Crippen LogP contribution is -2.22. The van der Waals surface area contributed by atoms with Crippen LogP contribution in [0, 0.1) is 5.41 Å². The molecule has 0 rings (SSSR count). The third kappa shape index (κ3) is 9.55. The van der Waals surface area contributed by atoms with E-state index in [2.05, 4.69) is 0 Å². The van der Waals surface area contributed by atoms with Gasteiger partial charge in [0.2, 0.25) is 0 Å². The highest BCUT2D eigenvalue weighted by molar-refractivity contribution is 8.76.